The Bertz CT molecular complexity index is 1090. The van der Waals surface area contributed by atoms with Crippen LogP contribution in [0.15, 0.2) is 46.1 Å². The molecule has 7 nitrogen and oxygen atoms in total. The van der Waals surface area contributed by atoms with Crippen molar-refractivity contribution in [1.29, 1.82) is 0 Å². The molecule has 0 atom stereocenters. The number of rotatable bonds is 4. The van der Waals surface area contributed by atoms with E-state index in [1.165, 1.54) is 9.56 Å². The van der Waals surface area contributed by atoms with Crippen molar-refractivity contribution in [2.75, 3.05) is 0 Å². The van der Waals surface area contributed by atoms with E-state index in [1.54, 1.807) is 40.5 Å². The van der Waals surface area contributed by atoms with Crippen molar-refractivity contribution in [2.24, 2.45) is 0 Å². The van der Waals surface area contributed by atoms with Gasteiger partial charge in [0.1, 0.15) is 24.1 Å². The highest BCUT2D eigenvalue weighted by atomic mass is 32.1. The van der Waals surface area contributed by atoms with E-state index in [9.17, 15) is 9.59 Å². The summed E-state index contributed by atoms with van der Waals surface area (Å²) in [5.74, 6) is 0.357. The molecule has 0 bridgehead atoms. The smallest absolute Gasteiger partial charge is 0.291 e. The lowest BCUT2D eigenvalue weighted by molar-refractivity contribution is -0.122. The van der Waals surface area contributed by atoms with Gasteiger partial charge in [-0.1, -0.05) is 0 Å². The van der Waals surface area contributed by atoms with Gasteiger partial charge < -0.3 is 9.73 Å². The van der Waals surface area contributed by atoms with Crippen molar-refractivity contribution < 1.29 is 9.21 Å². The van der Waals surface area contributed by atoms with Crippen molar-refractivity contribution in [1.82, 2.24) is 19.5 Å². The Kier molecular flexibility index (Phi) is 3.46. The SMILES string of the molecule is Cc1cc2c(cc3c(=O)n(CC(=O)NCc4ccco4)ncn32)s1. The van der Waals surface area contributed by atoms with Gasteiger partial charge in [-0.15, -0.1) is 11.3 Å². The van der Waals surface area contributed by atoms with Gasteiger partial charge >= 0.3 is 0 Å². The highest BCUT2D eigenvalue weighted by molar-refractivity contribution is 7.19. The molecule has 8 heteroatoms. The Morgan fingerprint density at radius 3 is 3.04 bits per heavy atom. The van der Waals surface area contributed by atoms with E-state index in [0.717, 1.165) is 10.2 Å². The molecule has 0 aromatic carbocycles. The van der Waals surface area contributed by atoms with Crippen LogP contribution in [0.25, 0.3) is 15.7 Å². The normalized spacial score (nSPS) is 11.4. The summed E-state index contributed by atoms with van der Waals surface area (Å²) in [5.41, 5.74) is 1.20. The molecule has 0 unspecified atom stereocenters. The van der Waals surface area contributed by atoms with E-state index in [-0.39, 0.29) is 24.6 Å². The minimum absolute atomic E-state index is 0.131. The second-order valence-electron chi connectivity index (χ2n) is 5.46. The summed E-state index contributed by atoms with van der Waals surface area (Å²) in [7, 11) is 0. The fourth-order valence-electron chi connectivity index (χ4n) is 2.63. The molecular formula is C16H14N4O3S. The van der Waals surface area contributed by atoms with Crippen LogP contribution in [0.5, 0.6) is 0 Å². The maximum Gasteiger partial charge on any atom is 0.291 e. The molecule has 4 heterocycles. The number of amides is 1. The van der Waals surface area contributed by atoms with Gasteiger partial charge in [-0.2, -0.15) is 5.10 Å². The molecular weight excluding hydrogens is 328 g/mol. The molecule has 0 radical (unpaired) electrons. The Labute approximate surface area is 140 Å². The second kappa shape index (κ2) is 5.64. The van der Waals surface area contributed by atoms with Crippen LogP contribution in [0, 0.1) is 6.92 Å². The van der Waals surface area contributed by atoms with E-state index >= 15 is 0 Å². The molecule has 0 spiro atoms. The van der Waals surface area contributed by atoms with Crippen LogP contribution in [-0.2, 0) is 17.9 Å². The monoisotopic (exact) mass is 342 g/mol. The first-order chi connectivity index (χ1) is 11.6. The number of furan rings is 1. The molecule has 0 saturated heterocycles. The fourth-order valence-corrected chi connectivity index (χ4v) is 3.58. The highest BCUT2D eigenvalue weighted by Crippen LogP contribution is 2.26. The zero-order valence-corrected chi connectivity index (χ0v) is 13.7. The molecule has 1 amide bonds. The number of nitrogens with zero attached hydrogens (tertiary/aromatic N) is 3. The van der Waals surface area contributed by atoms with E-state index in [4.69, 9.17) is 4.42 Å². The maximum atomic E-state index is 12.5. The number of nitrogens with one attached hydrogen (secondary N) is 1. The van der Waals surface area contributed by atoms with Gasteiger partial charge in [0.15, 0.2) is 0 Å². The summed E-state index contributed by atoms with van der Waals surface area (Å²) in [6.45, 7) is 2.17. The van der Waals surface area contributed by atoms with E-state index < -0.39 is 0 Å². The second-order valence-corrected chi connectivity index (χ2v) is 6.74. The summed E-state index contributed by atoms with van der Waals surface area (Å²) in [5, 5.41) is 6.81. The molecule has 0 fully saturated rings. The van der Waals surface area contributed by atoms with E-state index in [0.29, 0.717) is 11.3 Å². The standard InChI is InChI=1S/C16H14N4O3S/c1-10-5-12-14(24-10)6-13-16(22)20(18-9-19(12)13)8-15(21)17-7-11-3-2-4-23-11/h2-6,9H,7-8H2,1H3,(H,17,21). The Morgan fingerprint density at radius 2 is 2.25 bits per heavy atom. The number of thiophene rings is 1. The molecule has 4 aromatic rings. The largest absolute Gasteiger partial charge is 0.467 e. The summed E-state index contributed by atoms with van der Waals surface area (Å²) >= 11 is 1.63. The minimum atomic E-state index is -0.297. The van der Waals surface area contributed by atoms with Gasteiger partial charge in [0.2, 0.25) is 5.91 Å². The minimum Gasteiger partial charge on any atom is -0.467 e. The first kappa shape index (κ1) is 14.7. The lowest BCUT2D eigenvalue weighted by Crippen LogP contribution is -2.33. The van der Waals surface area contributed by atoms with E-state index in [1.807, 2.05) is 19.1 Å². The Balaban J connectivity index is 1.59. The average molecular weight is 342 g/mol. The quantitative estimate of drug-likeness (QED) is 0.614. The molecule has 1 N–H and O–H groups in total. The van der Waals surface area contributed by atoms with Crippen molar-refractivity contribution in [2.45, 2.75) is 20.0 Å². The summed E-state index contributed by atoms with van der Waals surface area (Å²) in [4.78, 5) is 25.7. The lowest BCUT2D eigenvalue weighted by atomic mass is 10.4. The third-order valence-corrected chi connectivity index (χ3v) is 4.73. The van der Waals surface area contributed by atoms with Crippen LogP contribution in [0.4, 0.5) is 0 Å². The van der Waals surface area contributed by atoms with Crippen LogP contribution >= 0.6 is 11.3 Å². The van der Waals surface area contributed by atoms with Crippen molar-refractivity contribution in [3.05, 3.63) is 57.8 Å². The number of aromatic nitrogens is 3. The molecule has 0 aliphatic carbocycles. The van der Waals surface area contributed by atoms with Crippen LogP contribution in [0.3, 0.4) is 0 Å². The van der Waals surface area contributed by atoms with Gasteiger partial charge in [-0.3, -0.25) is 14.0 Å². The van der Waals surface area contributed by atoms with Crippen molar-refractivity contribution in [3.63, 3.8) is 0 Å². The van der Waals surface area contributed by atoms with Crippen LogP contribution in [-0.4, -0.2) is 20.1 Å². The van der Waals surface area contributed by atoms with Gasteiger partial charge in [-0.05, 0) is 31.2 Å². The fraction of sp³-hybridized carbons (Fsp3) is 0.188. The summed E-state index contributed by atoms with van der Waals surface area (Å²) in [6.07, 6.45) is 3.12. The topological polar surface area (TPSA) is 81.5 Å². The van der Waals surface area contributed by atoms with Crippen molar-refractivity contribution >= 4 is 33.0 Å². The van der Waals surface area contributed by atoms with Gasteiger partial charge in [0.05, 0.1) is 23.0 Å². The number of carbonyl (C=O) groups excluding carboxylic acids is 1. The van der Waals surface area contributed by atoms with Gasteiger partial charge in [-0.25, -0.2) is 4.68 Å². The number of hydrogen-bond donors (Lipinski definition) is 1. The number of hydrogen-bond acceptors (Lipinski definition) is 5. The molecule has 24 heavy (non-hydrogen) atoms. The summed E-state index contributed by atoms with van der Waals surface area (Å²) < 4.78 is 9.11. The zero-order valence-electron chi connectivity index (χ0n) is 12.9. The molecule has 4 aromatic heterocycles. The number of aryl methyl sites for hydroxylation is 1. The van der Waals surface area contributed by atoms with Crippen LogP contribution < -0.4 is 10.9 Å². The molecule has 122 valence electrons. The first-order valence-corrected chi connectivity index (χ1v) is 8.20. The van der Waals surface area contributed by atoms with Crippen molar-refractivity contribution in [3.8, 4) is 0 Å². The predicted octanol–water partition coefficient (Wildman–Crippen LogP) is 1.93. The third kappa shape index (κ3) is 2.50. The zero-order chi connectivity index (χ0) is 16.7. The van der Waals surface area contributed by atoms with Crippen LogP contribution in [0.2, 0.25) is 0 Å². The summed E-state index contributed by atoms with van der Waals surface area (Å²) in [6, 6.07) is 7.39. The van der Waals surface area contributed by atoms with Gasteiger partial charge in [0, 0.05) is 4.88 Å². The number of fused-ring (bicyclic) bond motifs is 3. The number of carbonyl (C=O) groups is 1. The first-order valence-electron chi connectivity index (χ1n) is 7.38. The lowest BCUT2D eigenvalue weighted by Gasteiger charge is -2.06. The van der Waals surface area contributed by atoms with Gasteiger partial charge in [0.25, 0.3) is 5.56 Å². The molecule has 0 saturated carbocycles. The third-order valence-electron chi connectivity index (χ3n) is 3.74. The highest BCUT2D eigenvalue weighted by Gasteiger charge is 2.13. The molecule has 0 aliphatic rings. The van der Waals surface area contributed by atoms with Crippen LogP contribution in [0.1, 0.15) is 10.6 Å². The Morgan fingerprint density at radius 1 is 1.38 bits per heavy atom. The Hall–Kier alpha value is -2.87. The maximum absolute atomic E-state index is 12.5. The average Bonchev–Trinajstić information content (AvgIpc) is 3.24. The molecule has 4 rings (SSSR count). The predicted molar refractivity (Wildman–Crippen MR) is 90.1 cm³/mol. The molecule has 0 aliphatic heterocycles. The van der Waals surface area contributed by atoms with E-state index in [2.05, 4.69) is 10.4 Å².